The molecule has 1 N–H and O–H groups in total. The summed E-state index contributed by atoms with van der Waals surface area (Å²) >= 11 is 0. The molecule has 1 rings (SSSR count). The molecule has 0 aliphatic carbocycles. The van der Waals surface area contributed by atoms with Crippen LogP contribution in [0.2, 0.25) is 0 Å². The molecule has 1 aromatic rings. The van der Waals surface area contributed by atoms with Crippen molar-refractivity contribution in [2.45, 2.75) is 59.0 Å². The van der Waals surface area contributed by atoms with Gasteiger partial charge in [0.1, 0.15) is 0 Å². The van der Waals surface area contributed by atoms with Crippen LogP contribution in [0.15, 0.2) is 12.4 Å². The highest BCUT2D eigenvalue weighted by molar-refractivity contribution is 5.10. The molecule has 0 spiro atoms. The van der Waals surface area contributed by atoms with Crippen molar-refractivity contribution < 1.29 is 0 Å². The third-order valence-corrected chi connectivity index (χ3v) is 3.12. The normalized spacial score (nSPS) is 15.0. The summed E-state index contributed by atoms with van der Waals surface area (Å²) in [6.45, 7) is 9.89. The van der Waals surface area contributed by atoms with E-state index in [0.717, 1.165) is 19.4 Å². The molecule has 0 radical (unpaired) electrons. The first-order chi connectivity index (χ1) is 7.72. The molecule has 2 atom stereocenters. The lowest BCUT2D eigenvalue weighted by atomic mass is 10.1. The van der Waals surface area contributed by atoms with Crippen LogP contribution in [0.3, 0.4) is 0 Å². The molecule has 1 aromatic heterocycles. The second-order valence-corrected chi connectivity index (χ2v) is 4.43. The van der Waals surface area contributed by atoms with Gasteiger partial charge in [-0.15, -0.1) is 0 Å². The van der Waals surface area contributed by atoms with Crippen LogP contribution in [0.25, 0.3) is 0 Å². The minimum atomic E-state index is 0.456. The second kappa shape index (κ2) is 6.69. The van der Waals surface area contributed by atoms with E-state index in [9.17, 15) is 0 Å². The van der Waals surface area contributed by atoms with E-state index in [2.05, 4.69) is 49.0 Å². The SMILES string of the molecule is CCCNC(CC)c1cnn(C(C)CC)c1. The van der Waals surface area contributed by atoms with E-state index in [0.29, 0.717) is 12.1 Å². The van der Waals surface area contributed by atoms with E-state index in [1.165, 1.54) is 12.0 Å². The zero-order chi connectivity index (χ0) is 12.0. The van der Waals surface area contributed by atoms with Crippen molar-refractivity contribution in [2.75, 3.05) is 6.54 Å². The maximum Gasteiger partial charge on any atom is 0.0537 e. The molecule has 0 aromatic carbocycles. The first kappa shape index (κ1) is 13.2. The van der Waals surface area contributed by atoms with Gasteiger partial charge in [-0.2, -0.15) is 5.10 Å². The topological polar surface area (TPSA) is 29.9 Å². The van der Waals surface area contributed by atoms with Gasteiger partial charge in [-0.1, -0.05) is 20.8 Å². The van der Waals surface area contributed by atoms with Crippen molar-refractivity contribution in [3.05, 3.63) is 18.0 Å². The molecule has 0 aliphatic rings. The summed E-state index contributed by atoms with van der Waals surface area (Å²) < 4.78 is 2.08. The molecule has 0 saturated heterocycles. The molecule has 92 valence electrons. The molecule has 2 unspecified atom stereocenters. The molecule has 0 amide bonds. The number of aromatic nitrogens is 2. The Bertz CT molecular complexity index is 293. The summed E-state index contributed by atoms with van der Waals surface area (Å²) in [5.41, 5.74) is 1.32. The molecule has 16 heavy (non-hydrogen) atoms. The average molecular weight is 223 g/mol. The molecule has 3 nitrogen and oxygen atoms in total. The fourth-order valence-corrected chi connectivity index (χ4v) is 1.78. The number of hydrogen-bond acceptors (Lipinski definition) is 2. The first-order valence-corrected chi connectivity index (χ1v) is 6.50. The van der Waals surface area contributed by atoms with Gasteiger partial charge in [0, 0.05) is 23.8 Å². The fourth-order valence-electron chi connectivity index (χ4n) is 1.78. The highest BCUT2D eigenvalue weighted by Crippen LogP contribution is 2.18. The van der Waals surface area contributed by atoms with Crippen molar-refractivity contribution in [3.8, 4) is 0 Å². The van der Waals surface area contributed by atoms with E-state index < -0.39 is 0 Å². The van der Waals surface area contributed by atoms with Crippen LogP contribution < -0.4 is 5.32 Å². The Morgan fingerprint density at radius 1 is 1.31 bits per heavy atom. The Labute approximate surface area is 99.2 Å². The molecule has 0 fully saturated rings. The minimum absolute atomic E-state index is 0.456. The number of rotatable bonds is 7. The molecular weight excluding hydrogens is 198 g/mol. The van der Waals surface area contributed by atoms with E-state index >= 15 is 0 Å². The van der Waals surface area contributed by atoms with Crippen LogP contribution in [-0.2, 0) is 0 Å². The summed E-state index contributed by atoms with van der Waals surface area (Å²) in [5.74, 6) is 0. The Hall–Kier alpha value is -0.830. The van der Waals surface area contributed by atoms with Gasteiger partial charge >= 0.3 is 0 Å². The van der Waals surface area contributed by atoms with Gasteiger partial charge in [0.05, 0.1) is 6.20 Å². The van der Waals surface area contributed by atoms with E-state index in [1.807, 2.05) is 6.20 Å². The van der Waals surface area contributed by atoms with E-state index in [-0.39, 0.29) is 0 Å². The minimum Gasteiger partial charge on any atom is -0.310 e. The molecule has 0 saturated carbocycles. The van der Waals surface area contributed by atoms with Crippen molar-refractivity contribution in [3.63, 3.8) is 0 Å². The predicted octanol–water partition coefficient (Wildman–Crippen LogP) is 3.30. The second-order valence-electron chi connectivity index (χ2n) is 4.43. The first-order valence-electron chi connectivity index (χ1n) is 6.50. The van der Waals surface area contributed by atoms with Gasteiger partial charge in [0.2, 0.25) is 0 Å². The smallest absolute Gasteiger partial charge is 0.0537 e. The summed E-state index contributed by atoms with van der Waals surface area (Å²) in [5, 5.41) is 7.99. The third-order valence-electron chi connectivity index (χ3n) is 3.12. The van der Waals surface area contributed by atoms with E-state index in [1.54, 1.807) is 0 Å². The number of nitrogens with one attached hydrogen (secondary N) is 1. The highest BCUT2D eigenvalue weighted by atomic mass is 15.3. The molecule has 0 bridgehead atoms. The van der Waals surface area contributed by atoms with Crippen molar-refractivity contribution in [1.82, 2.24) is 15.1 Å². The third kappa shape index (κ3) is 3.34. The van der Waals surface area contributed by atoms with Crippen molar-refractivity contribution in [2.24, 2.45) is 0 Å². The highest BCUT2D eigenvalue weighted by Gasteiger charge is 2.11. The van der Waals surface area contributed by atoms with Crippen molar-refractivity contribution in [1.29, 1.82) is 0 Å². The quantitative estimate of drug-likeness (QED) is 0.768. The lowest BCUT2D eigenvalue weighted by molar-refractivity contribution is 0.474. The zero-order valence-electron chi connectivity index (χ0n) is 11.0. The van der Waals surface area contributed by atoms with Gasteiger partial charge in [-0.3, -0.25) is 4.68 Å². The van der Waals surface area contributed by atoms with E-state index in [4.69, 9.17) is 0 Å². The number of hydrogen-bond donors (Lipinski definition) is 1. The van der Waals surface area contributed by atoms with Crippen LogP contribution in [0, 0.1) is 0 Å². The predicted molar refractivity (Wildman–Crippen MR) is 68.6 cm³/mol. The molecular formula is C13H25N3. The van der Waals surface area contributed by atoms with Crippen LogP contribution >= 0.6 is 0 Å². The van der Waals surface area contributed by atoms with Gasteiger partial charge in [-0.25, -0.2) is 0 Å². The standard InChI is InChI=1S/C13H25N3/c1-5-8-14-13(7-3)12-9-15-16(10-12)11(4)6-2/h9-11,13-14H,5-8H2,1-4H3. The summed E-state index contributed by atoms with van der Waals surface area (Å²) in [4.78, 5) is 0. The van der Waals surface area contributed by atoms with Gasteiger partial charge in [0.25, 0.3) is 0 Å². The van der Waals surface area contributed by atoms with Gasteiger partial charge < -0.3 is 5.32 Å². The molecule has 1 heterocycles. The maximum atomic E-state index is 4.44. The molecule has 0 aliphatic heterocycles. The Morgan fingerprint density at radius 3 is 2.62 bits per heavy atom. The van der Waals surface area contributed by atoms with Crippen LogP contribution in [0.1, 0.15) is 64.6 Å². The Morgan fingerprint density at radius 2 is 2.06 bits per heavy atom. The maximum absolute atomic E-state index is 4.44. The van der Waals surface area contributed by atoms with Crippen LogP contribution in [0.4, 0.5) is 0 Å². The zero-order valence-corrected chi connectivity index (χ0v) is 11.0. The van der Waals surface area contributed by atoms with Gasteiger partial charge in [-0.05, 0) is 32.7 Å². The lowest BCUT2D eigenvalue weighted by Crippen LogP contribution is -2.21. The van der Waals surface area contributed by atoms with Crippen molar-refractivity contribution >= 4 is 0 Å². The summed E-state index contributed by atoms with van der Waals surface area (Å²) in [6.07, 6.45) is 7.61. The van der Waals surface area contributed by atoms with Gasteiger partial charge in [0.15, 0.2) is 0 Å². The lowest BCUT2D eigenvalue weighted by Gasteiger charge is -2.14. The Kier molecular flexibility index (Phi) is 5.53. The monoisotopic (exact) mass is 223 g/mol. The number of nitrogens with zero attached hydrogens (tertiary/aromatic N) is 2. The van der Waals surface area contributed by atoms with Crippen LogP contribution in [-0.4, -0.2) is 16.3 Å². The summed E-state index contributed by atoms with van der Waals surface area (Å²) in [7, 11) is 0. The average Bonchev–Trinajstić information content (AvgIpc) is 2.78. The fraction of sp³-hybridized carbons (Fsp3) is 0.769. The largest absolute Gasteiger partial charge is 0.310 e. The summed E-state index contributed by atoms with van der Waals surface area (Å²) in [6, 6.07) is 0.954. The molecule has 3 heteroatoms. The van der Waals surface area contributed by atoms with Crippen LogP contribution in [0.5, 0.6) is 0 Å². The Balaban J connectivity index is 2.66.